The van der Waals surface area contributed by atoms with Gasteiger partial charge in [0.25, 0.3) is 0 Å². The molecule has 0 fully saturated rings. The van der Waals surface area contributed by atoms with Gasteiger partial charge in [0.05, 0.1) is 0 Å². The molecule has 1 N–H and O–H groups in total. The zero-order chi connectivity index (χ0) is 10.8. The molecule has 1 aliphatic heterocycles. The van der Waals surface area contributed by atoms with Gasteiger partial charge in [-0.05, 0) is 18.6 Å². The second-order valence-electron chi connectivity index (χ2n) is 4.62. The molecule has 0 saturated carbocycles. The summed E-state index contributed by atoms with van der Waals surface area (Å²) in [7, 11) is 0. The second kappa shape index (κ2) is 4.23. The lowest BCUT2D eigenvalue weighted by Gasteiger charge is -2.13. The Labute approximate surface area is 91.6 Å². The molecule has 2 heteroatoms. The van der Waals surface area contributed by atoms with E-state index in [0.29, 0.717) is 12.1 Å². The fourth-order valence-corrected chi connectivity index (χ4v) is 1.93. The zero-order valence-corrected chi connectivity index (χ0v) is 9.71. The number of aryl methyl sites for hydroxylation is 1. The van der Waals surface area contributed by atoms with Crippen LogP contribution in [0.1, 0.15) is 25.0 Å². The van der Waals surface area contributed by atoms with Crippen molar-refractivity contribution in [2.75, 3.05) is 6.54 Å². The monoisotopic (exact) mass is 205 g/mol. The molecule has 2 nitrogen and oxygen atoms in total. The SMILES string of the molecule is Cc1ccc2c(c1)CC(CNC(C)C)O2. The fraction of sp³-hybridized carbons (Fsp3) is 0.538. The van der Waals surface area contributed by atoms with Gasteiger partial charge in [-0.3, -0.25) is 0 Å². The predicted molar refractivity (Wildman–Crippen MR) is 62.4 cm³/mol. The third kappa shape index (κ3) is 2.51. The molecule has 0 radical (unpaired) electrons. The number of hydrogen-bond acceptors (Lipinski definition) is 2. The molecule has 1 aromatic rings. The molecule has 2 rings (SSSR count). The lowest BCUT2D eigenvalue weighted by molar-refractivity contribution is 0.224. The fourth-order valence-electron chi connectivity index (χ4n) is 1.93. The van der Waals surface area contributed by atoms with Gasteiger partial charge in [0.15, 0.2) is 0 Å². The molecule has 0 spiro atoms. The lowest BCUT2D eigenvalue weighted by Crippen LogP contribution is -2.34. The van der Waals surface area contributed by atoms with Crippen LogP contribution >= 0.6 is 0 Å². The maximum absolute atomic E-state index is 5.85. The van der Waals surface area contributed by atoms with Crippen LogP contribution in [0.2, 0.25) is 0 Å². The molecule has 1 unspecified atom stereocenters. The molecule has 0 aromatic heterocycles. The minimum absolute atomic E-state index is 0.309. The van der Waals surface area contributed by atoms with Crippen molar-refractivity contribution in [3.05, 3.63) is 29.3 Å². The van der Waals surface area contributed by atoms with E-state index in [2.05, 4.69) is 44.3 Å². The van der Waals surface area contributed by atoms with E-state index in [-0.39, 0.29) is 0 Å². The molecule has 0 aliphatic carbocycles. The van der Waals surface area contributed by atoms with Gasteiger partial charge in [0, 0.05) is 19.0 Å². The lowest BCUT2D eigenvalue weighted by atomic mass is 10.1. The smallest absolute Gasteiger partial charge is 0.123 e. The van der Waals surface area contributed by atoms with Crippen molar-refractivity contribution in [1.82, 2.24) is 5.32 Å². The number of rotatable bonds is 3. The first-order chi connectivity index (χ1) is 7.15. The van der Waals surface area contributed by atoms with Gasteiger partial charge >= 0.3 is 0 Å². The maximum Gasteiger partial charge on any atom is 0.123 e. The molecule has 15 heavy (non-hydrogen) atoms. The summed E-state index contributed by atoms with van der Waals surface area (Å²) in [5.41, 5.74) is 2.67. The Morgan fingerprint density at radius 2 is 2.27 bits per heavy atom. The van der Waals surface area contributed by atoms with Crippen LogP contribution in [0.15, 0.2) is 18.2 Å². The summed E-state index contributed by atoms with van der Waals surface area (Å²) >= 11 is 0. The third-order valence-corrected chi connectivity index (χ3v) is 2.71. The van der Waals surface area contributed by atoms with Crippen LogP contribution in [0.3, 0.4) is 0 Å². The van der Waals surface area contributed by atoms with Gasteiger partial charge in [-0.1, -0.05) is 31.5 Å². The average Bonchev–Trinajstić information content (AvgIpc) is 2.56. The molecule has 0 saturated heterocycles. The minimum atomic E-state index is 0.309. The summed E-state index contributed by atoms with van der Waals surface area (Å²) in [5.74, 6) is 1.07. The van der Waals surface area contributed by atoms with Gasteiger partial charge in [-0.2, -0.15) is 0 Å². The number of hydrogen-bond donors (Lipinski definition) is 1. The van der Waals surface area contributed by atoms with E-state index in [4.69, 9.17) is 4.74 Å². The topological polar surface area (TPSA) is 21.3 Å². The Kier molecular flexibility index (Phi) is 2.96. The highest BCUT2D eigenvalue weighted by atomic mass is 16.5. The summed E-state index contributed by atoms with van der Waals surface area (Å²) in [6.07, 6.45) is 1.35. The van der Waals surface area contributed by atoms with E-state index >= 15 is 0 Å². The first-order valence-corrected chi connectivity index (χ1v) is 5.64. The molecular formula is C13H19NO. The molecule has 1 aromatic carbocycles. The van der Waals surface area contributed by atoms with E-state index < -0.39 is 0 Å². The first-order valence-electron chi connectivity index (χ1n) is 5.64. The van der Waals surface area contributed by atoms with Crippen LogP contribution in [0, 0.1) is 6.92 Å². The summed E-state index contributed by atoms with van der Waals surface area (Å²) in [6.45, 7) is 7.38. The van der Waals surface area contributed by atoms with Crippen molar-refractivity contribution in [3.8, 4) is 5.75 Å². The van der Waals surface area contributed by atoms with Crippen LogP contribution in [0.25, 0.3) is 0 Å². The van der Waals surface area contributed by atoms with Gasteiger partial charge in [-0.15, -0.1) is 0 Å². The Hall–Kier alpha value is -1.02. The van der Waals surface area contributed by atoms with Crippen LogP contribution < -0.4 is 10.1 Å². The van der Waals surface area contributed by atoms with E-state index in [0.717, 1.165) is 18.7 Å². The van der Waals surface area contributed by atoms with Crippen LogP contribution in [-0.2, 0) is 6.42 Å². The second-order valence-corrected chi connectivity index (χ2v) is 4.62. The highest BCUT2D eigenvalue weighted by Crippen LogP contribution is 2.29. The number of fused-ring (bicyclic) bond motifs is 1. The van der Waals surface area contributed by atoms with Crippen molar-refractivity contribution in [2.45, 2.75) is 39.3 Å². The molecule has 1 aliphatic rings. The zero-order valence-electron chi connectivity index (χ0n) is 9.71. The summed E-state index contributed by atoms with van der Waals surface area (Å²) < 4.78 is 5.85. The highest BCUT2D eigenvalue weighted by molar-refractivity contribution is 5.40. The van der Waals surface area contributed by atoms with Gasteiger partial charge < -0.3 is 10.1 Å². The van der Waals surface area contributed by atoms with E-state index in [1.54, 1.807) is 0 Å². The molecule has 1 atom stereocenters. The molecular weight excluding hydrogens is 186 g/mol. The third-order valence-electron chi connectivity index (χ3n) is 2.71. The summed E-state index contributed by atoms with van der Waals surface area (Å²) in [5, 5.41) is 3.41. The summed E-state index contributed by atoms with van der Waals surface area (Å²) in [6, 6.07) is 6.95. The van der Waals surface area contributed by atoms with Crippen molar-refractivity contribution >= 4 is 0 Å². The molecule has 0 bridgehead atoms. The van der Waals surface area contributed by atoms with Crippen molar-refractivity contribution < 1.29 is 4.74 Å². The normalized spacial score (nSPS) is 19.1. The Balaban J connectivity index is 1.97. The Morgan fingerprint density at radius 1 is 1.47 bits per heavy atom. The standard InChI is InChI=1S/C13H19NO/c1-9(2)14-8-12-7-11-6-10(3)4-5-13(11)15-12/h4-6,9,12,14H,7-8H2,1-3H3. The van der Waals surface area contributed by atoms with Gasteiger partial charge in [-0.25, -0.2) is 0 Å². The van der Waals surface area contributed by atoms with E-state index in [9.17, 15) is 0 Å². The van der Waals surface area contributed by atoms with Gasteiger partial charge in [0.2, 0.25) is 0 Å². The first kappa shape index (κ1) is 10.5. The number of benzene rings is 1. The Morgan fingerprint density at radius 3 is 3.00 bits per heavy atom. The molecule has 0 amide bonds. The van der Waals surface area contributed by atoms with Crippen molar-refractivity contribution in [3.63, 3.8) is 0 Å². The summed E-state index contributed by atoms with van der Waals surface area (Å²) in [4.78, 5) is 0. The number of nitrogens with one attached hydrogen (secondary N) is 1. The van der Waals surface area contributed by atoms with E-state index in [1.165, 1.54) is 11.1 Å². The Bertz CT molecular complexity index is 346. The van der Waals surface area contributed by atoms with Gasteiger partial charge in [0.1, 0.15) is 11.9 Å². The van der Waals surface area contributed by atoms with E-state index in [1.807, 2.05) is 0 Å². The van der Waals surface area contributed by atoms with Crippen LogP contribution in [0.5, 0.6) is 5.75 Å². The number of ether oxygens (including phenoxy) is 1. The predicted octanol–water partition coefficient (Wildman–Crippen LogP) is 2.30. The quantitative estimate of drug-likeness (QED) is 0.817. The molecule has 1 heterocycles. The largest absolute Gasteiger partial charge is 0.488 e. The minimum Gasteiger partial charge on any atom is -0.488 e. The van der Waals surface area contributed by atoms with Crippen LogP contribution in [0.4, 0.5) is 0 Å². The van der Waals surface area contributed by atoms with Crippen molar-refractivity contribution in [1.29, 1.82) is 0 Å². The maximum atomic E-state index is 5.85. The average molecular weight is 205 g/mol. The van der Waals surface area contributed by atoms with Crippen molar-refractivity contribution in [2.24, 2.45) is 0 Å². The van der Waals surface area contributed by atoms with Crippen LogP contribution in [-0.4, -0.2) is 18.7 Å². The highest BCUT2D eigenvalue weighted by Gasteiger charge is 2.22. The molecule has 82 valence electrons.